The molecule has 0 spiro atoms. The molecule has 2 saturated carbocycles. The van der Waals surface area contributed by atoms with Gasteiger partial charge in [-0.25, -0.2) is 4.79 Å². The van der Waals surface area contributed by atoms with Crippen LogP contribution in [0.2, 0.25) is 0 Å². The van der Waals surface area contributed by atoms with Crippen LogP contribution in [0, 0.1) is 42.4 Å². The molecular formula is C25H21NO4. The van der Waals surface area contributed by atoms with E-state index in [1.807, 2.05) is 19.1 Å². The lowest BCUT2D eigenvalue weighted by Gasteiger charge is -2.37. The van der Waals surface area contributed by atoms with E-state index in [-0.39, 0.29) is 35.5 Å². The molecule has 5 heteroatoms. The Labute approximate surface area is 174 Å². The van der Waals surface area contributed by atoms with Crippen LogP contribution in [0.5, 0.6) is 5.75 Å². The van der Waals surface area contributed by atoms with E-state index in [1.165, 1.54) is 4.90 Å². The lowest BCUT2D eigenvalue weighted by Crippen LogP contribution is -2.40. The summed E-state index contributed by atoms with van der Waals surface area (Å²) in [6.07, 6.45) is 5.49. The van der Waals surface area contributed by atoms with E-state index in [1.54, 1.807) is 36.4 Å². The molecule has 4 aliphatic carbocycles. The van der Waals surface area contributed by atoms with Crippen LogP contribution in [0.4, 0.5) is 5.69 Å². The van der Waals surface area contributed by atoms with Gasteiger partial charge >= 0.3 is 5.97 Å². The average molecular weight is 399 g/mol. The number of allylic oxidation sites excluding steroid dienone is 2. The number of anilines is 1. The first kappa shape index (κ1) is 17.6. The number of hydrogen-bond donors (Lipinski definition) is 0. The van der Waals surface area contributed by atoms with Crippen LogP contribution in [0.25, 0.3) is 0 Å². The Balaban J connectivity index is 1.22. The second-order valence-electron chi connectivity index (χ2n) is 8.92. The predicted molar refractivity (Wildman–Crippen MR) is 110 cm³/mol. The third-order valence-electron chi connectivity index (χ3n) is 7.26. The topological polar surface area (TPSA) is 63.7 Å². The zero-order valence-corrected chi connectivity index (χ0v) is 16.5. The van der Waals surface area contributed by atoms with Gasteiger partial charge < -0.3 is 4.74 Å². The lowest BCUT2D eigenvalue weighted by atomic mass is 9.63. The highest BCUT2D eigenvalue weighted by molar-refractivity contribution is 6.22. The molecule has 0 aromatic heterocycles. The van der Waals surface area contributed by atoms with Crippen molar-refractivity contribution >= 4 is 23.5 Å². The van der Waals surface area contributed by atoms with Gasteiger partial charge in [0.2, 0.25) is 11.8 Å². The van der Waals surface area contributed by atoms with Gasteiger partial charge in [-0.1, -0.05) is 29.8 Å². The smallest absolute Gasteiger partial charge is 0.343 e. The predicted octanol–water partition coefficient (Wildman–Crippen LogP) is 3.77. The van der Waals surface area contributed by atoms with Crippen LogP contribution >= 0.6 is 0 Å². The number of benzene rings is 2. The molecule has 1 aliphatic heterocycles. The molecule has 5 aliphatic rings. The van der Waals surface area contributed by atoms with Crippen molar-refractivity contribution in [2.75, 3.05) is 4.90 Å². The SMILES string of the molecule is Cc1ccc(C(=O)Oc2ccc(N3C(=O)[C@H]4[C@@H]5C=C[C@@H]([C@H]6C[C@H]56)[C@@H]4C3=O)cc2)cc1. The number of amides is 2. The highest BCUT2D eigenvalue weighted by Crippen LogP contribution is 2.65. The van der Waals surface area contributed by atoms with Gasteiger partial charge in [0.15, 0.2) is 0 Å². The van der Waals surface area contributed by atoms with Gasteiger partial charge in [0.1, 0.15) is 5.75 Å². The molecule has 0 radical (unpaired) electrons. The van der Waals surface area contributed by atoms with Gasteiger partial charge in [-0.05, 0) is 73.4 Å². The summed E-state index contributed by atoms with van der Waals surface area (Å²) in [5, 5.41) is 0. The Hall–Kier alpha value is -3.21. The number of ether oxygens (including phenoxy) is 1. The average Bonchev–Trinajstić information content (AvgIpc) is 3.53. The molecule has 7 rings (SSSR count). The number of carbonyl (C=O) groups excluding carboxylic acids is 3. The van der Waals surface area contributed by atoms with Gasteiger partial charge in [0, 0.05) is 0 Å². The zero-order valence-electron chi connectivity index (χ0n) is 16.5. The maximum absolute atomic E-state index is 13.2. The highest BCUT2D eigenvalue weighted by atomic mass is 16.5. The van der Waals surface area contributed by atoms with E-state index in [0.29, 0.717) is 28.8 Å². The molecule has 150 valence electrons. The largest absolute Gasteiger partial charge is 0.423 e. The summed E-state index contributed by atoms with van der Waals surface area (Å²) in [5.41, 5.74) is 2.08. The molecule has 3 fully saturated rings. The molecule has 2 aromatic rings. The minimum absolute atomic E-state index is 0.0842. The van der Waals surface area contributed by atoms with Gasteiger partial charge in [-0.3, -0.25) is 14.5 Å². The molecule has 0 unspecified atom stereocenters. The maximum atomic E-state index is 13.2. The first-order valence-corrected chi connectivity index (χ1v) is 10.5. The van der Waals surface area contributed by atoms with E-state index in [4.69, 9.17) is 4.74 Å². The summed E-state index contributed by atoms with van der Waals surface area (Å²) < 4.78 is 5.43. The minimum Gasteiger partial charge on any atom is -0.423 e. The van der Waals surface area contributed by atoms with E-state index < -0.39 is 5.97 Å². The molecule has 1 heterocycles. The van der Waals surface area contributed by atoms with E-state index in [2.05, 4.69) is 12.2 Å². The van der Waals surface area contributed by atoms with Crippen molar-refractivity contribution in [3.8, 4) is 5.75 Å². The third-order valence-corrected chi connectivity index (χ3v) is 7.26. The Morgan fingerprint density at radius 2 is 1.43 bits per heavy atom. The number of nitrogens with zero attached hydrogens (tertiary/aromatic N) is 1. The second-order valence-corrected chi connectivity index (χ2v) is 8.92. The fourth-order valence-electron chi connectivity index (χ4n) is 5.73. The maximum Gasteiger partial charge on any atom is 0.343 e. The van der Waals surface area contributed by atoms with Crippen LogP contribution < -0.4 is 9.64 Å². The number of aryl methyl sites for hydroxylation is 1. The van der Waals surface area contributed by atoms with Crippen molar-refractivity contribution < 1.29 is 19.1 Å². The monoisotopic (exact) mass is 399 g/mol. The standard InChI is InChI=1S/C25H21NO4/c1-13-2-4-14(5-3-13)25(29)30-16-8-6-15(7-9-16)26-23(27)21-17-10-11-18(20-12-19(17)20)22(21)24(26)28/h2-11,17-22H,12H2,1H3/t17-,18+,19-,20-,21+,22+/m1/s1. The quantitative estimate of drug-likeness (QED) is 0.341. The third kappa shape index (κ3) is 2.44. The normalized spacial score (nSPS) is 32.8. The number of esters is 1. The summed E-state index contributed by atoms with van der Waals surface area (Å²) in [5.74, 6) is 0.932. The van der Waals surface area contributed by atoms with E-state index in [0.717, 1.165) is 12.0 Å². The van der Waals surface area contributed by atoms with Gasteiger partial charge in [0.05, 0.1) is 23.1 Å². The number of hydrogen-bond acceptors (Lipinski definition) is 4. The molecular weight excluding hydrogens is 378 g/mol. The molecule has 2 amide bonds. The molecule has 0 N–H and O–H groups in total. The van der Waals surface area contributed by atoms with Crippen LogP contribution in [-0.2, 0) is 9.59 Å². The summed E-state index contributed by atoms with van der Waals surface area (Å²) in [6, 6.07) is 13.8. The summed E-state index contributed by atoms with van der Waals surface area (Å²) in [6.45, 7) is 1.95. The molecule has 5 nitrogen and oxygen atoms in total. The molecule has 6 atom stereocenters. The molecule has 2 bridgehead atoms. The Morgan fingerprint density at radius 3 is 2.00 bits per heavy atom. The lowest BCUT2D eigenvalue weighted by molar-refractivity contribution is -0.124. The van der Waals surface area contributed by atoms with Crippen LogP contribution in [-0.4, -0.2) is 17.8 Å². The summed E-state index contributed by atoms with van der Waals surface area (Å²) >= 11 is 0. The van der Waals surface area contributed by atoms with Crippen LogP contribution in [0.3, 0.4) is 0 Å². The van der Waals surface area contributed by atoms with Crippen molar-refractivity contribution in [3.05, 3.63) is 71.8 Å². The first-order valence-electron chi connectivity index (χ1n) is 10.5. The van der Waals surface area contributed by atoms with Gasteiger partial charge in [0.25, 0.3) is 0 Å². The fraction of sp³-hybridized carbons (Fsp3) is 0.320. The van der Waals surface area contributed by atoms with Crippen LogP contribution in [0.1, 0.15) is 22.3 Å². The first-order chi connectivity index (χ1) is 14.5. The van der Waals surface area contributed by atoms with Crippen LogP contribution in [0.15, 0.2) is 60.7 Å². The summed E-state index contributed by atoms with van der Waals surface area (Å²) in [7, 11) is 0. The minimum atomic E-state index is -0.441. The number of imide groups is 1. The van der Waals surface area contributed by atoms with E-state index in [9.17, 15) is 14.4 Å². The molecule has 30 heavy (non-hydrogen) atoms. The zero-order chi connectivity index (χ0) is 20.6. The van der Waals surface area contributed by atoms with Crippen molar-refractivity contribution in [1.82, 2.24) is 0 Å². The number of carbonyl (C=O) groups is 3. The number of rotatable bonds is 3. The summed E-state index contributed by atoms with van der Waals surface area (Å²) in [4.78, 5) is 40.0. The van der Waals surface area contributed by atoms with Crippen molar-refractivity contribution in [2.45, 2.75) is 13.3 Å². The van der Waals surface area contributed by atoms with Crippen molar-refractivity contribution in [1.29, 1.82) is 0 Å². The molecule has 1 saturated heterocycles. The Bertz CT molecular complexity index is 1060. The second kappa shape index (κ2) is 6.14. The van der Waals surface area contributed by atoms with Gasteiger partial charge in [-0.15, -0.1) is 0 Å². The fourth-order valence-corrected chi connectivity index (χ4v) is 5.73. The van der Waals surface area contributed by atoms with Crippen molar-refractivity contribution in [2.24, 2.45) is 35.5 Å². The highest BCUT2D eigenvalue weighted by Gasteiger charge is 2.67. The Kier molecular flexibility index (Phi) is 3.61. The van der Waals surface area contributed by atoms with E-state index >= 15 is 0 Å². The van der Waals surface area contributed by atoms with Crippen molar-refractivity contribution in [3.63, 3.8) is 0 Å². The van der Waals surface area contributed by atoms with Gasteiger partial charge in [-0.2, -0.15) is 0 Å². The Morgan fingerprint density at radius 1 is 0.867 bits per heavy atom. The molecule has 2 aromatic carbocycles.